The van der Waals surface area contributed by atoms with E-state index in [1.165, 1.54) is 29.7 Å². The van der Waals surface area contributed by atoms with Crippen LogP contribution in [-0.2, 0) is 6.54 Å². The highest BCUT2D eigenvalue weighted by Gasteiger charge is 2.17. The number of fused-ring (bicyclic) bond motifs is 1. The zero-order chi connectivity index (χ0) is 23.6. The minimum atomic E-state index is -0.225. The first kappa shape index (κ1) is 22.0. The Morgan fingerprint density at radius 1 is 1.00 bits per heavy atom. The smallest absolute Gasteiger partial charge is 0.284 e. The molecule has 1 aliphatic rings. The summed E-state index contributed by atoms with van der Waals surface area (Å²) in [5.41, 5.74) is 5.48. The van der Waals surface area contributed by atoms with Crippen molar-refractivity contribution in [2.75, 3.05) is 18.4 Å². The standard InChI is InChI=1S/C27H23N5OS2/c33-24(27-31-23(17-34-27)19-8-2-1-3-9-19)29-21-11-5-4-10-20(21)25-30-22-14-18(15-28-26(22)35-25)16-32-12-6-7-13-32/h1-5,8-11,14-15,17H,6-7,12-13,16H2,(H,29,33). The predicted octanol–water partition coefficient (Wildman–Crippen LogP) is 6.33. The number of thiazole rings is 2. The van der Waals surface area contributed by atoms with Crippen LogP contribution in [0.15, 0.2) is 72.2 Å². The number of amides is 1. The third-order valence-corrected chi connectivity index (χ3v) is 7.94. The largest absolute Gasteiger partial charge is 0.319 e. The second-order valence-electron chi connectivity index (χ2n) is 8.57. The summed E-state index contributed by atoms with van der Waals surface area (Å²) < 4.78 is 0. The van der Waals surface area contributed by atoms with Crippen molar-refractivity contribution < 1.29 is 4.79 Å². The second-order valence-corrected chi connectivity index (χ2v) is 10.4. The molecule has 0 atom stereocenters. The third-order valence-electron chi connectivity index (χ3n) is 6.08. The van der Waals surface area contributed by atoms with Crippen molar-refractivity contribution in [3.63, 3.8) is 0 Å². The van der Waals surface area contributed by atoms with E-state index in [2.05, 4.69) is 26.3 Å². The van der Waals surface area contributed by atoms with E-state index in [0.717, 1.165) is 51.8 Å². The highest BCUT2D eigenvalue weighted by atomic mass is 32.1. The van der Waals surface area contributed by atoms with Gasteiger partial charge in [-0.25, -0.2) is 15.0 Å². The number of carbonyl (C=O) groups is 1. The molecule has 6 nitrogen and oxygen atoms in total. The van der Waals surface area contributed by atoms with Gasteiger partial charge in [-0.2, -0.15) is 0 Å². The molecule has 0 unspecified atom stereocenters. The average molecular weight is 498 g/mol. The number of likely N-dealkylation sites (tertiary alicyclic amines) is 1. The maximum Gasteiger partial charge on any atom is 0.284 e. The maximum atomic E-state index is 13.0. The lowest BCUT2D eigenvalue weighted by Gasteiger charge is -2.13. The summed E-state index contributed by atoms with van der Waals surface area (Å²) in [6.07, 6.45) is 4.50. The zero-order valence-corrected chi connectivity index (χ0v) is 20.6. The molecule has 2 aromatic carbocycles. The van der Waals surface area contributed by atoms with Crippen LogP contribution in [0.3, 0.4) is 0 Å². The summed E-state index contributed by atoms with van der Waals surface area (Å²) in [7, 11) is 0. The van der Waals surface area contributed by atoms with Crippen molar-refractivity contribution in [1.29, 1.82) is 0 Å². The molecule has 174 valence electrons. The van der Waals surface area contributed by atoms with Crippen LogP contribution in [0.2, 0.25) is 0 Å². The predicted molar refractivity (Wildman–Crippen MR) is 143 cm³/mol. The summed E-state index contributed by atoms with van der Waals surface area (Å²) in [5, 5.41) is 6.22. The molecule has 1 fully saturated rings. The molecule has 5 aromatic rings. The van der Waals surface area contributed by atoms with Crippen molar-refractivity contribution >= 4 is 44.6 Å². The molecule has 35 heavy (non-hydrogen) atoms. The summed E-state index contributed by atoms with van der Waals surface area (Å²) in [5.74, 6) is -0.225. The molecule has 3 aromatic heterocycles. The van der Waals surface area contributed by atoms with Crippen molar-refractivity contribution in [3.8, 4) is 21.8 Å². The Morgan fingerprint density at radius 3 is 2.66 bits per heavy atom. The van der Waals surface area contributed by atoms with Crippen molar-refractivity contribution in [3.05, 3.63) is 82.8 Å². The van der Waals surface area contributed by atoms with E-state index in [1.807, 2.05) is 66.2 Å². The van der Waals surface area contributed by atoms with Crippen LogP contribution >= 0.6 is 22.7 Å². The number of pyridine rings is 1. The molecule has 0 radical (unpaired) electrons. The number of aromatic nitrogens is 3. The normalized spacial score (nSPS) is 13.9. The number of anilines is 1. The second kappa shape index (κ2) is 9.65. The Kier molecular flexibility index (Phi) is 6.08. The Labute approximate surface area is 211 Å². The lowest BCUT2D eigenvalue weighted by molar-refractivity contribution is 0.102. The number of rotatable bonds is 6. The Morgan fingerprint density at radius 2 is 1.80 bits per heavy atom. The van der Waals surface area contributed by atoms with Gasteiger partial charge in [-0.05, 0) is 49.7 Å². The molecule has 0 spiro atoms. The van der Waals surface area contributed by atoms with Gasteiger partial charge in [0.1, 0.15) is 15.4 Å². The van der Waals surface area contributed by atoms with E-state index in [4.69, 9.17) is 4.98 Å². The number of hydrogen-bond acceptors (Lipinski definition) is 7. The van der Waals surface area contributed by atoms with Crippen LogP contribution in [-0.4, -0.2) is 38.8 Å². The third kappa shape index (κ3) is 4.73. The first-order chi connectivity index (χ1) is 17.2. The first-order valence-corrected chi connectivity index (χ1v) is 13.3. The van der Waals surface area contributed by atoms with Gasteiger partial charge in [0.15, 0.2) is 5.01 Å². The van der Waals surface area contributed by atoms with Crippen LogP contribution in [0.1, 0.15) is 28.2 Å². The first-order valence-electron chi connectivity index (χ1n) is 11.6. The van der Waals surface area contributed by atoms with Gasteiger partial charge in [0.05, 0.1) is 11.4 Å². The summed E-state index contributed by atoms with van der Waals surface area (Å²) in [6, 6.07) is 19.8. The molecule has 0 bridgehead atoms. The zero-order valence-electron chi connectivity index (χ0n) is 19.0. The lowest BCUT2D eigenvalue weighted by atomic mass is 10.2. The summed E-state index contributed by atoms with van der Waals surface area (Å²) >= 11 is 2.88. The van der Waals surface area contributed by atoms with Crippen LogP contribution in [0, 0.1) is 0 Å². The van der Waals surface area contributed by atoms with Gasteiger partial charge in [-0.1, -0.05) is 53.8 Å². The number of nitrogens with one attached hydrogen (secondary N) is 1. The van der Waals surface area contributed by atoms with E-state index in [9.17, 15) is 4.79 Å². The topological polar surface area (TPSA) is 71.0 Å². The monoisotopic (exact) mass is 497 g/mol. The quantitative estimate of drug-likeness (QED) is 0.297. The summed E-state index contributed by atoms with van der Waals surface area (Å²) in [6.45, 7) is 3.22. The van der Waals surface area contributed by atoms with Gasteiger partial charge in [0.25, 0.3) is 5.91 Å². The summed E-state index contributed by atoms with van der Waals surface area (Å²) in [4.78, 5) is 30.5. The SMILES string of the molecule is O=C(Nc1ccccc1-c1nc2cc(CN3CCCC3)cnc2s1)c1nc(-c2ccccc2)cs1. The minimum Gasteiger partial charge on any atom is -0.319 e. The fraction of sp³-hybridized carbons (Fsp3) is 0.185. The van der Waals surface area contributed by atoms with E-state index < -0.39 is 0 Å². The molecule has 0 saturated carbocycles. The van der Waals surface area contributed by atoms with Crippen molar-refractivity contribution in [2.45, 2.75) is 19.4 Å². The number of para-hydroxylation sites is 1. The maximum absolute atomic E-state index is 13.0. The number of carbonyl (C=O) groups excluding carboxylic acids is 1. The molecule has 1 N–H and O–H groups in total. The molecule has 4 heterocycles. The van der Waals surface area contributed by atoms with Gasteiger partial charge in [-0.3, -0.25) is 9.69 Å². The highest BCUT2D eigenvalue weighted by molar-refractivity contribution is 7.21. The number of benzene rings is 2. The Hall–Kier alpha value is -3.46. The molecule has 1 saturated heterocycles. The minimum absolute atomic E-state index is 0.225. The van der Waals surface area contributed by atoms with E-state index >= 15 is 0 Å². The fourth-order valence-corrected chi connectivity index (χ4v) is 5.99. The molecular weight excluding hydrogens is 474 g/mol. The molecule has 8 heteroatoms. The molecule has 6 rings (SSSR count). The van der Waals surface area contributed by atoms with Crippen molar-refractivity contribution in [2.24, 2.45) is 0 Å². The number of hydrogen-bond donors (Lipinski definition) is 1. The van der Waals surface area contributed by atoms with Gasteiger partial charge in [-0.15, -0.1) is 11.3 Å². The molecular formula is C27H23N5OS2. The van der Waals surface area contributed by atoms with Gasteiger partial charge < -0.3 is 5.32 Å². The average Bonchev–Trinajstić information content (AvgIpc) is 3.66. The van der Waals surface area contributed by atoms with Crippen LogP contribution in [0.5, 0.6) is 0 Å². The van der Waals surface area contributed by atoms with E-state index in [-0.39, 0.29) is 5.91 Å². The Bertz CT molecular complexity index is 1490. The highest BCUT2D eigenvalue weighted by Crippen LogP contribution is 2.34. The van der Waals surface area contributed by atoms with E-state index in [1.54, 1.807) is 11.3 Å². The van der Waals surface area contributed by atoms with E-state index in [0.29, 0.717) is 10.7 Å². The van der Waals surface area contributed by atoms with Crippen molar-refractivity contribution in [1.82, 2.24) is 19.9 Å². The van der Waals surface area contributed by atoms with Crippen LogP contribution < -0.4 is 5.32 Å². The van der Waals surface area contributed by atoms with Gasteiger partial charge >= 0.3 is 0 Å². The van der Waals surface area contributed by atoms with Gasteiger partial charge in [0, 0.05) is 29.2 Å². The lowest BCUT2D eigenvalue weighted by Crippen LogP contribution is -2.18. The molecule has 0 aliphatic carbocycles. The molecule has 1 aliphatic heterocycles. The van der Waals surface area contributed by atoms with Crippen LogP contribution in [0.25, 0.3) is 32.2 Å². The van der Waals surface area contributed by atoms with Gasteiger partial charge in [0.2, 0.25) is 0 Å². The Balaban J connectivity index is 1.24. The van der Waals surface area contributed by atoms with Crippen LogP contribution in [0.4, 0.5) is 5.69 Å². The molecule has 1 amide bonds. The fourth-order valence-electron chi connectivity index (χ4n) is 4.34. The number of nitrogens with zero attached hydrogens (tertiary/aromatic N) is 4.